The number of hydrogen-bond acceptors (Lipinski definition) is 4. The van der Waals surface area contributed by atoms with Crippen LogP contribution < -0.4 is 5.43 Å². The van der Waals surface area contributed by atoms with Crippen LogP contribution in [0.25, 0.3) is 0 Å². The highest BCUT2D eigenvalue weighted by Gasteiger charge is 2.23. The average Bonchev–Trinajstić information content (AvgIpc) is 2.88. The fourth-order valence-corrected chi connectivity index (χ4v) is 3.33. The van der Waals surface area contributed by atoms with Crippen molar-refractivity contribution in [3.05, 3.63) is 40.7 Å². The Kier molecular flexibility index (Phi) is 4.17. The molecule has 0 amide bonds. The molecular formula is C14H17ClN4S. The Balaban J connectivity index is 1.79. The highest BCUT2D eigenvalue weighted by atomic mass is 35.5. The van der Waals surface area contributed by atoms with Gasteiger partial charge in [-0.25, -0.2) is 4.68 Å². The van der Waals surface area contributed by atoms with Gasteiger partial charge in [0.25, 0.3) is 0 Å². The van der Waals surface area contributed by atoms with Crippen molar-refractivity contribution in [2.45, 2.75) is 37.4 Å². The highest BCUT2D eigenvalue weighted by Crippen LogP contribution is 2.30. The maximum absolute atomic E-state index is 5.95. The molecule has 1 aliphatic heterocycles. The van der Waals surface area contributed by atoms with Crippen molar-refractivity contribution in [3.63, 3.8) is 0 Å². The van der Waals surface area contributed by atoms with E-state index in [2.05, 4.69) is 34.7 Å². The molecule has 20 heavy (non-hydrogen) atoms. The quantitative estimate of drug-likeness (QED) is 0.936. The number of unbranched alkanes of at least 4 members (excludes halogenated alkanes) is 1. The zero-order valence-corrected chi connectivity index (χ0v) is 12.9. The maximum atomic E-state index is 5.95. The largest absolute Gasteiger partial charge is 0.314 e. The summed E-state index contributed by atoms with van der Waals surface area (Å²) in [5.41, 5.74) is 4.76. The molecule has 1 N–H and O–H groups in total. The van der Waals surface area contributed by atoms with Crippen molar-refractivity contribution < 1.29 is 0 Å². The van der Waals surface area contributed by atoms with Gasteiger partial charge >= 0.3 is 0 Å². The third-order valence-corrected chi connectivity index (χ3v) is 4.67. The fourth-order valence-electron chi connectivity index (χ4n) is 2.24. The lowest BCUT2D eigenvalue weighted by Gasteiger charge is -2.26. The lowest BCUT2D eigenvalue weighted by atomic mass is 10.1. The summed E-state index contributed by atoms with van der Waals surface area (Å²) in [5, 5.41) is 10.3. The zero-order valence-electron chi connectivity index (χ0n) is 11.3. The SMILES string of the molecule is CCCCc1nnc2n1NC(c1ccc(Cl)cc1)CS2. The van der Waals surface area contributed by atoms with Crippen LogP contribution in [0.4, 0.5) is 0 Å². The standard InChI is InChI=1S/C14H17ClN4S/c1-2-3-4-13-16-17-14-19(13)18-12(9-20-14)10-5-7-11(15)8-6-10/h5-8,12,18H,2-4,9H2,1H3. The van der Waals surface area contributed by atoms with Crippen LogP contribution in [0, 0.1) is 0 Å². The summed E-state index contributed by atoms with van der Waals surface area (Å²) in [5.74, 6) is 1.97. The number of thioether (sulfide) groups is 1. The normalized spacial score (nSPS) is 17.6. The molecule has 1 aromatic heterocycles. The van der Waals surface area contributed by atoms with E-state index in [1.807, 2.05) is 16.8 Å². The van der Waals surface area contributed by atoms with Crippen LogP contribution in [0.5, 0.6) is 0 Å². The van der Waals surface area contributed by atoms with Gasteiger partial charge in [0.2, 0.25) is 5.16 Å². The molecule has 0 radical (unpaired) electrons. The Morgan fingerprint density at radius 2 is 2.15 bits per heavy atom. The molecule has 1 atom stereocenters. The first-order valence-electron chi connectivity index (χ1n) is 6.87. The molecule has 0 spiro atoms. The van der Waals surface area contributed by atoms with Crippen LogP contribution in [0.15, 0.2) is 29.4 Å². The van der Waals surface area contributed by atoms with Crippen LogP contribution in [-0.2, 0) is 6.42 Å². The number of hydrogen-bond donors (Lipinski definition) is 1. The highest BCUT2D eigenvalue weighted by molar-refractivity contribution is 7.99. The first-order valence-corrected chi connectivity index (χ1v) is 8.23. The van der Waals surface area contributed by atoms with E-state index in [9.17, 15) is 0 Å². The van der Waals surface area contributed by atoms with Crippen LogP contribution in [0.3, 0.4) is 0 Å². The predicted molar refractivity (Wildman–Crippen MR) is 82.9 cm³/mol. The van der Waals surface area contributed by atoms with Crippen molar-refractivity contribution in [2.75, 3.05) is 11.2 Å². The Morgan fingerprint density at radius 1 is 1.35 bits per heavy atom. The van der Waals surface area contributed by atoms with E-state index < -0.39 is 0 Å². The van der Waals surface area contributed by atoms with Crippen molar-refractivity contribution in [1.29, 1.82) is 0 Å². The third kappa shape index (κ3) is 2.79. The number of nitrogens with zero attached hydrogens (tertiary/aromatic N) is 3. The van der Waals surface area contributed by atoms with Gasteiger partial charge in [0.15, 0.2) is 5.82 Å². The van der Waals surface area contributed by atoms with E-state index in [-0.39, 0.29) is 6.04 Å². The molecule has 1 unspecified atom stereocenters. The summed E-state index contributed by atoms with van der Waals surface area (Å²) in [7, 11) is 0. The summed E-state index contributed by atoms with van der Waals surface area (Å²) in [6.07, 6.45) is 3.26. The first kappa shape index (κ1) is 13.8. The summed E-state index contributed by atoms with van der Waals surface area (Å²) in [4.78, 5) is 0. The predicted octanol–water partition coefficient (Wildman–Crippen LogP) is 3.66. The maximum Gasteiger partial charge on any atom is 0.210 e. The Morgan fingerprint density at radius 3 is 2.90 bits per heavy atom. The number of halogens is 1. The second-order valence-electron chi connectivity index (χ2n) is 4.88. The lowest BCUT2D eigenvalue weighted by molar-refractivity contribution is 0.619. The van der Waals surface area contributed by atoms with E-state index in [4.69, 9.17) is 11.6 Å². The van der Waals surface area contributed by atoms with E-state index in [0.29, 0.717) is 0 Å². The lowest BCUT2D eigenvalue weighted by Crippen LogP contribution is -2.29. The molecule has 1 aromatic carbocycles. The fraction of sp³-hybridized carbons (Fsp3) is 0.429. The van der Waals surface area contributed by atoms with Crippen LogP contribution >= 0.6 is 23.4 Å². The summed E-state index contributed by atoms with van der Waals surface area (Å²) < 4.78 is 2.04. The molecule has 106 valence electrons. The molecule has 0 aliphatic carbocycles. The van der Waals surface area contributed by atoms with Gasteiger partial charge < -0.3 is 5.43 Å². The molecule has 0 saturated carbocycles. The van der Waals surface area contributed by atoms with Gasteiger partial charge in [-0.05, 0) is 24.1 Å². The molecule has 6 heteroatoms. The smallest absolute Gasteiger partial charge is 0.210 e. The van der Waals surface area contributed by atoms with Crippen molar-refractivity contribution >= 4 is 23.4 Å². The van der Waals surface area contributed by atoms with Gasteiger partial charge in [-0.15, -0.1) is 10.2 Å². The topological polar surface area (TPSA) is 42.7 Å². The molecule has 3 rings (SSSR count). The van der Waals surface area contributed by atoms with E-state index in [0.717, 1.165) is 41.0 Å². The minimum absolute atomic E-state index is 0.265. The van der Waals surface area contributed by atoms with Gasteiger partial charge in [-0.2, -0.15) is 0 Å². The molecule has 2 aromatic rings. The second-order valence-corrected chi connectivity index (χ2v) is 6.31. The number of aromatic nitrogens is 3. The average molecular weight is 309 g/mol. The first-order chi connectivity index (χ1) is 9.78. The van der Waals surface area contributed by atoms with Gasteiger partial charge in [0.1, 0.15) is 0 Å². The van der Waals surface area contributed by atoms with Gasteiger partial charge in [-0.1, -0.05) is 48.8 Å². The number of aryl methyl sites for hydroxylation is 1. The number of benzene rings is 1. The Labute approximate surface area is 127 Å². The van der Waals surface area contributed by atoms with Crippen LogP contribution in [0.1, 0.15) is 37.2 Å². The molecule has 4 nitrogen and oxygen atoms in total. The van der Waals surface area contributed by atoms with Gasteiger partial charge in [-0.3, -0.25) is 0 Å². The van der Waals surface area contributed by atoms with Crippen molar-refractivity contribution in [3.8, 4) is 0 Å². The van der Waals surface area contributed by atoms with Crippen molar-refractivity contribution in [1.82, 2.24) is 14.9 Å². The third-order valence-electron chi connectivity index (χ3n) is 3.39. The van der Waals surface area contributed by atoms with Crippen LogP contribution in [-0.4, -0.2) is 20.6 Å². The van der Waals surface area contributed by atoms with E-state index >= 15 is 0 Å². The molecule has 0 saturated heterocycles. The minimum Gasteiger partial charge on any atom is -0.314 e. The molecule has 0 bridgehead atoms. The molecule has 1 aliphatic rings. The summed E-state index contributed by atoms with van der Waals surface area (Å²) >= 11 is 7.69. The second kappa shape index (κ2) is 6.06. The van der Waals surface area contributed by atoms with E-state index in [1.54, 1.807) is 11.8 Å². The Hall–Kier alpha value is -1.20. The van der Waals surface area contributed by atoms with E-state index in [1.165, 1.54) is 5.56 Å². The van der Waals surface area contributed by atoms with Crippen molar-refractivity contribution in [2.24, 2.45) is 0 Å². The molecular weight excluding hydrogens is 292 g/mol. The van der Waals surface area contributed by atoms with Crippen LogP contribution in [0.2, 0.25) is 5.02 Å². The summed E-state index contributed by atoms with van der Waals surface area (Å²) in [6.45, 7) is 2.19. The minimum atomic E-state index is 0.265. The zero-order chi connectivity index (χ0) is 13.9. The van der Waals surface area contributed by atoms with Gasteiger partial charge in [0.05, 0.1) is 6.04 Å². The molecule has 2 heterocycles. The molecule has 0 fully saturated rings. The number of nitrogens with one attached hydrogen (secondary N) is 1. The number of fused-ring (bicyclic) bond motifs is 1. The Bertz CT molecular complexity index is 581. The van der Waals surface area contributed by atoms with Gasteiger partial charge in [0, 0.05) is 17.2 Å². The summed E-state index contributed by atoms with van der Waals surface area (Å²) in [6, 6.07) is 8.27. The monoisotopic (exact) mass is 308 g/mol. The number of rotatable bonds is 4.